The molecular weight excluding hydrogens is 205 g/mol. The van der Waals surface area contributed by atoms with Crippen molar-refractivity contribution in [2.24, 2.45) is 0 Å². The highest BCUT2D eigenvalue weighted by Gasteiger charge is 2.10. The van der Waals surface area contributed by atoms with E-state index in [1.807, 2.05) is 0 Å². The zero-order chi connectivity index (χ0) is 11.2. The Labute approximate surface area is 95.7 Å². The molecule has 0 aliphatic carbocycles. The minimum Gasteiger partial charge on any atom is -0.311 e. The maximum Gasteiger partial charge on any atom is 0.145 e. The molecule has 0 bridgehead atoms. The standard InChI is InChI=1S/C12H18FN3/c13-12-10-14-4-3-11(12)9-15-5-8-16-6-1-2-7-16/h3-4,10,15H,1-2,5-9H2. The minimum absolute atomic E-state index is 0.226. The molecule has 1 fully saturated rings. The van der Waals surface area contributed by atoms with Crippen LogP contribution in [0.5, 0.6) is 0 Å². The minimum atomic E-state index is -0.226. The van der Waals surface area contributed by atoms with Crippen LogP contribution < -0.4 is 5.32 Å². The molecule has 1 aromatic heterocycles. The van der Waals surface area contributed by atoms with Crippen molar-refractivity contribution in [1.29, 1.82) is 0 Å². The van der Waals surface area contributed by atoms with E-state index in [4.69, 9.17) is 0 Å². The molecule has 2 heterocycles. The molecule has 0 atom stereocenters. The molecule has 88 valence electrons. The van der Waals surface area contributed by atoms with Crippen LogP contribution in [0.25, 0.3) is 0 Å². The predicted octanol–water partition coefficient (Wildman–Crippen LogP) is 1.41. The molecule has 16 heavy (non-hydrogen) atoms. The van der Waals surface area contributed by atoms with Gasteiger partial charge in [-0.2, -0.15) is 0 Å². The zero-order valence-corrected chi connectivity index (χ0v) is 9.45. The molecule has 1 aliphatic heterocycles. The van der Waals surface area contributed by atoms with Crippen molar-refractivity contribution in [2.45, 2.75) is 19.4 Å². The molecule has 0 spiro atoms. The molecule has 0 amide bonds. The molecule has 1 aromatic rings. The quantitative estimate of drug-likeness (QED) is 0.765. The van der Waals surface area contributed by atoms with Gasteiger partial charge >= 0.3 is 0 Å². The summed E-state index contributed by atoms with van der Waals surface area (Å²) in [5.74, 6) is -0.226. The van der Waals surface area contributed by atoms with Crippen molar-refractivity contribution in [3.8, 4) is 0 Å². The number of rotatable bonds is 5. The maximum atomic E-state index is 13.2. The van der Waals surface area contributed by atoms with Gasteiger partial charge in [0.05, 0.1) is 6.20 Å². The van der Waals surface area contributed by atoms with Crippen molar-refractivity contribution in [3.63, 3.8) is 0 Å². The van der Waals surface area contributed by atoms with Crippen LogP contribution in [0.2, 0.25) is 0 Å². The summed E-state index contributed by atoms with van der Waals surface area (Å²) in [5.41, 5.74) is 0.691. The van der Waals surface area contributed by atoms with Gasteiger partial charge in [0.25, 0.3) is 0 Å². The second kappa shape index (κ2) is 5.92. The van der Waals surface area contributed by atoms with Crippen LogP contribution >= 0.6 is 0 Å². The van der Waals surface area contributed by atoms with Crippen LogP contribution in [0.3, 0.4) is 0 Å². The summed E-state index contributed by atoms with van der Waals surface area (Å²) in [6.45, 7) is 4.99. The van der Waals surface area contributed by atoms with Crippen LogP contribution in [-0.4, -0.2) is 36.1 Å². The van der Waals surface area contributed by atoms with Crippen molar-refractivity contribution >= 4 is 0 Å². The van der Waals surface area contributed by atoms with Crippen molar-refractivity contribution in [1.82, 2.24) is 15.2 Å². The Kier molecular flexibility index (Phi) is 4.25. The normalized spacial score (nSPS) is 16.8. The summed E-state index contributed by atoms with van der Waals surface area (Å²) >= 11 is 0. The van der Waals surface area contributed by atoms with Gasteiger partial charge in [-0.05, 0) is 32.0 Å². The molecule has 0 saturated carbocycles. The third-order valence-electron chi connectivity index (χ3n) is 2.98. The Morgan fingerprint density at radius 3 is 2.94 bits per heavy atom. The van der Waals surface area contributed by atoms with Gasteiger partial charge in [0.2, 0.25) is 0 Å². The van der Waals surface area contributed by atoms with Crippen LogP contribution in [0.15, 0.2) is 18.5 Å². The first-order valence-corrected chi connectivity index (χ1v) is 5.88. The highest BCUT2D eigenvalue weighted by atomic mass is 19.1. The molecule has 0 radical (unpaired) electrons. The fourth-order valence-electron chi connectivity index (χ4n) is 2.01. The number of hydrogen-bond acceptors (Lipinski definition) is 3. The number of halogens is 1. The summed E-state index contributed by atoms with van der Waals surface area (Å²) in [6.07, 6.45) is 5.52. The lowest BCUT2D eigenvalue weighted by atomic mass is 10.2. The van der Waals surface area contributed by atoms with E-state index in [0.29, 0.717) is 12.1 Å². The van der Waals surface area contributed by atoms with Gasteiger partial charge in [0, 0.05) is 31.4 Å². The second-order valence-electron chi connectivity index (χ2n) is 4.19. The highest BCUT2D eigenvalue weighted by Crippen LogP contribution is 2.06. The lowest BCUT2D eigenvalue weighted by Gasteiger charge is -2.14. The fourth-order valence-corrected chi connectivity index (χ4v) is 2.01. The van der Waals surface area contributed by atoms with Gasteiger partial charge in [0.15, 0.2) is 0 Å². The molecule has 1 aliphatic rings. The van der Waals surface area contributed by atoms with E-state index in [-0.39, 0.29) is 5.82 Å². The number of nitrogens with one attached hydrogen (secondary N) is 1. The van der Waals surface area contributed by atoms with Gasteiger partial charge in [-0.25, -0.2) is 4.39 Å². The van der Waals surface area contributed by atoms with E-state index in [0.717, 1.165) is 13.1 Å². The number of nitrogens with zero attached hydrogens (tertiary/aromatic N) is 2. The van der Waals surface area contributed by atoms with Gasteiger partial charge in [-0.3, -0.25) is 4.98 Å². The largest absolute Gasteiger partial charge is 0.311 e. The highest BCUT2D eigenvalue weighted by molar-refractivity contribution is 5.11. The number of likely N-dealkylation sites (tertiary alicyclic amines) is 1. The van der Waals surface area contributed by atoms with E-state index in [1.54, 1.807) is 12.3 Å². The molecule has 0 aromatic carbocycles. The lowest BCUT2D eigenvalue weighted by molar-refractivity contribution is 0.335. The van der Waals surface area contributed by atoms with Crippen LogP contribution in [0, 0.1) is 5.82 Å². The Morgan fingerprint density at radius 2 is 2.19 bits per heavy atom. The summed E-state index contributed by atoms with van der Waals surface area (Å²) < 4.78 is 13.2. The first-order valence-electron chi connectivity index (χ1n) is 5.88. The average Bonchev–Trinajstić information content (AvgIpc) is 2.79. The van der Waals surface area contributed by atoms with Gasteiger partial charge in [-0.15, -0.1) is 0 Å². The Morgan fingerprint density at radius 1 is 1.38 bits per heavy atom. The molecule has 1 saturated heterocycles. The summed E-state index contributed by atoms with van der Waals surface area (Å²) in [4.78, 5) is 6.17. The first kappa shape index (κ1) is 11.5. The van der Waals surface area contributed by atoms with Gasteiger partial charge in [-0.1, -0.05) is 0 Å². The van der Waals surface area contributed by atoms with Crippen LogP contribution in [0.1, 0.15) is 18.4 Å². The van der Waals surface area contributed by atoms with E-state index in [2.05, 4.69) is 15.2 Å². The lowest BCUT2D eigenvalue weighted by Crippen LogP contribution is -2.29. The third-order valence-corrected chi connectivity index (χ3v) is 2.98. The Balaban J connectivity index is 1.66. The number of aromatic nitrogens is 1. The van der Waals surface area contributed by atoms with Crippen LogP contribution in [0.4, 0.5) is 4.39 Å². The topological polar surface area (TPSA) is 28.2 Å². The Hall–Kier alpha value is -1.00. The average molecular weight is 223 g/mol. The molecule has 4 heteroatoms. The number of pyridine rings is 1. The molecule has 2 rings (SSSR count). The monoisotopic (exact) mass is 223 g/mol. The van der Waals surface area contributed by atoms with Gasteiger partial charge in [0.1, 0.15) is 5.82 Å². The van der Waals surface area contributed by atoms with E-state index in [1.165, 1.54) is 32.1 Å². The Bertz CT molecular complexity index is 324. The maximum absolute atomic E-state index is 13.2. The van der Waals surface area contributed by atoms with E-state index < -0.39 is 0 Å². The third kappa shape index (κ3) is 3.25. The molecule has 1 N–H and O–H groups in total. The van der Waals surface area contributed by atoms with E-state index in [9.17, 15) is 4.39 Å². The second-order valence-corrected chi connectivity index (χ2v) is 4.19. The molecule has 3 nitrogen and oxygen atoms in total. The first-order chi connectivity index (χ1) is 7.86. The van der Waals surface area contributed by atoms with Crippen LogP contribution in [-0.2, 0) is 6.54 Å². The summed E-state index contributed by atoms with van der Waals surface area (Å²) in [6, 6.07) is 1.72. The van der Waals surface area contributed by atoms with Crippen molar-refractivity contribution in [2.75, 3.05) is 26.2 Å². The van der Waals surface area contributed by atoms with Crippen molar-refractivity contribution < 1.29 is 4.39 Å². The smallest absolute Gasteiger partial charge is 0.145 e. The molecular formula is C12H18FN3. The van der Waals surface area contributed by atoms with Gasteiger partial charge < -0.3 is 10.2 Å². The molecule has 0 unspecified atom stereocenters. The number of hydrogen-bond donors (Lipinski definition) is 1. The predicted molar refractivity (Wildman–Crippen MR) is 61.6 cm³/mol. The summed E-state index contributed by atoms with van der Waals surface area (Å²) in [7, 11) is 0. The van der Waals surface area contributed by atoms with Crippen molar-refractivity contribution in [3.05, 3.63) is 29.8 Å². The fraction of sp³-hybridized carbons (Fsp3) is 0.583. The summed E-state index contributed by atoms with van der Waals surface area (Å²) in [5, 5.41) is 3.26. The zero-order valence-electron chi connectivity index (χ0n) is 9.45. The van der Waals surface area contributed by atoms with E-state index >= 15 is 0 Å². The SMILES string of the molecule is Fc1cnccc1CNCCN1CCCC1.